The summed E-state index contributed by atoms with van der Waals surface area (Å²) in [6.07, 6.45) is 1.50. The largest absolute Gasteiger partial charge is 0.465 e. The Balaban J connectivity index is 2.25. The van der Waals surface area contributed by atoms with Crippen molar-refractivity contribution in [2.75, 3.05) is 7.11 Å². The summed E-state index contributed by atoms with van der Waals surface area (Å²) in [5.41, 5.74) is 3.01. The lowest BCUT2D eigenvalue weighted by molar-refractivity contribution is 0.0600. The Morgan fingerprint density at radius 1 is 1.11 bits per heavy atom. The highest BCUT2D eigenvalue weighted by atomic mass is 16.5. The summed E-state index contributed by atoms with van der Waals surface area (Å²) >= 11 is 0. The second-order valence-electron chi connectivity index (χ2n) is 3.77. The van der Waals surface area contributed by atoms with E-state index in [4.69, 9.17) is 0 Å². The van der Waals surface area contributed by atoms with Crippen molar-refractivity contribution in [1.82, 2.24) is 4.98 Å². The van der Waals surface area contributed by atoms with Gasteiger partial charge < -0.3 is 4.74 Å². The van der Waals surface area contributed by atoms with Crippen LogP contribution >= 0.6 is 0 Å². The summed E-state index contributed by atoms with van der Waals surface area (Å²) < 4.78 is 4.62. The highest BCUT2D eigenvalue weighted by molar-refractivity contribution is 5.89. The van der Waals surface area contributed by atoms with Crippen LogP contribution in [0.3, 0.4) is 0 Å². The summed E-state index contributed by atoms with van der Waals surface area (Å²) in [7, 11) is 1.35. The van der Waals surface area contributed by atoms with Gasteiger partial charge in [0.2, 0.25) is 0 Å². The predicted octanol–water partition coefficient (Wildman–Crippen LogP) is 2.93. The monoisotopic (exact) mass is 239 g/mol. The van der Waals surface area contributed by atoms with Crippen LogP contribution in [0, 0.1) is 0 Å². The summed E-state index contributed by atoms with van der Waals surface area (Å²) in [6, 6.07) is 13.2. The van der Waals surface area contributed by atoms with Gasteiger partial charge in [-0.15, -0.1) is 0 Å². The van der Waals surface area contributed by atoms with Crippen molar-refractivity contribution < 1.29 is 9.53 Å². The lowest BCUT2D eigenvalue weighted by Gasteiger charge is -2.05. The minimum absolute atomic E-state index is 0.389. The normalized spacial score (nSPS) is 9.83. The first-order valence-electron chi connectivity index (χ1n) is 5.51. The first kappa shape index (κ1) is 12.0. The fraction of sp³-hybridized carbons (Fsp3) is 0.0667. The van der Waals surface area contributed by atoms with E-state index in [1.165, 1.54) is 13.3 Å². The number of nitrogens with zero attached hydrogens (tertiary/aromatic N) is 1. The van der Waals surface area contributed by atoms with Gasteiger partial charge >= 0.3 is 5.97 Å². The van der Waals surface area contributed by atoms with Crippen LogP contribution in [0.5, 0.6) is 0 Å². The number of hydrogen-bond acceptors (Lipinski definition) is 3. The van der Waals surface area contributed by atoms with Crippen molar-refractivity contribution in [3.05, 3.63) is 72.1 Å². The van der Waals surface area contributed by atoms with Crippen LogP contribution in [0.2, 0.25) is 0 Å². The quantitative estimate of drug-likeness (QED) is 0.773. The molecule has 2 aromatic rings. The Morgan fingerprint density at radius 3 is 2.39 bits per heavy atom. The number of aromatic nitrogens is 1. The molecular weight excluding hydrogens is 226 g/mol. The molecule has 0 bridgehead atoms. The maximum atomic E-state index is 11.3. The van der Waals surface area contributed by atoms with Crippen molar-refractivity contribution >= 4 is 11.5 Å². The summed E-state index contributed by atoms with van der Waals surface area (Å²) in [5, 5.41) is 0. The fourth-order valence-corrected chi connectivity index (χ4v) is 1.60. The molecule has 0 radical (unpaired) electrons. The highest BCUT2D eigenvalue weighted by Crippen LogP contribution is 2.19. The zero-order valence-electron chi connectivity index (χ0n) is 10.1. The van der Waals surface area contributed by atoms with Gasteiger partial charge in [0.25, 0.3) is 0 Å². The minimum atomic E-state index is -0.389. The molecule has 0 atom stereocenters. The lowest BCUT2D eigenvalue weighted by Crippen LogP contribution is -2.02. The SMILES string of the molecule is C=C(c1ccccc1)c1ccc(C(=O)OC)cn1. The Hall–Kier alpha value is -2.42. The molecule has 0 unspecified atom stereocenters. The van der Waals surface area contributed by atoms with Crippen LogP contribution in [-0.4, -0.2) is 18.1 Å². The van der Waals surface area contributed by atoms with Crippen LogP contribution in [0.15, 0.2) is 55.2 Å². The number of ether oxygens (including phenoxy) is 1. The third kappa shape index (κ3) is 2.46. The molecule has 0 amide bonds. The van der Waals surface area contributed by atoms with Gasteiger partial charge in [-0.05, 0) is 17.7 Å². The van der Waals surface area contributed by atoms with Gasteiger partial charge in [-0.3, -0.25) is 4.98 Å². The number of methoxy groups -OCH3 is 1. The summed E-state index contributed by atoms with van der Waals surface area (Å²) in [6.45, 7) is 4.01. The third-order valence-electron chi connectivity index (χ3n) is 2.62. The topological polar surface area (TPSA) is 39.2 Å². The molecular formula is C15H13NO2. The first-order valence-corrected chi connectivity index (χ1v) is 5.51. The van der Waals surface area contributed by atoms with E-state index < -0.39 is 0 Å². The molecule has 2 rings (SSSR count). The molecule has 0 aliphatic rings. The minimum Gasteiger partial charge on any atom is -0.465 e. The molecule has 0 spiro atoms. The van der Waals surface area contributed by atoms with Crippen LogP contribution < -0.4 is 0 Å². The average Bonchev–Trinajstić information content (AvgIpc) is 2.47. The van der Waals surface area contributed by atoms with Gasteiger partial charge in [-0.1, -0.05) is 36.9 Å². The Morgan fingerprint density at radius 2 is 1.83 bits per heavy atom. The number of rotatable bonds is 3. The first-order chi connectivity index (χ1) is 8.72. The van der Waals surface area contributed by atoms with Gasteiger partial charge in [-0.2, -0.15) is 0 Å². The van der Waals surface area contributed by atoms with Crippen LogP contribution in [0.4, 0.5) is 0 Å². The highest BCUT2D eigenvalue weighted by Gasteiger charge is 2.07. The van der Waals surface area contributed by atoms with Gasteiger partial charge in [0.15, 0.2) is 0 Å². The van der Waals surface area contributed by atoms with E-state index in [0.717, 1.165) is 16.8 Å². The van der Waals surface area contributed by atoms with E-state index in [1.807, 2.05) is 30.3 Å². The van der Waals surface area contributed by atoms with E-state index in [9.17, 15) is 4.79 Å². The molecule has 3 heteroatoms. The predicted molar refractivity (Wildman–Crippen MR) is 70.2 cm³/mol. The molecule has 18 heavy (non-hydrogen) atoms. The van der Waals surface area contributed by atoms with Crippen molar-refractivity contribution in [3.8, 4) is 0 Å². The average molecular weight is 239 g/mol. The molecule has 0 saturated carbocycles. The number of carbonyl (C=O) groups is 1. The maximum Gasteiger partial charge on any atom is 0.339 e. The van der Waals surface area contributed by atoms with E-state index in [2.05, 4.69) is 16.3 Å². The van der Waals surface area contributed by atoms with Gasteiger partial charge in [0.1, 0.15) is 0 Å². The van der Waals surface area contributed by atoms with Crippen LogP contribution in [0.25, 0.3) is 5.57 Å². The van der Waals surface area contributed by atoms with E-state index in [1.54, 1.807) is 12.1 Å². The maximum absolute atomic E-state index is 11.3. The van der Waals surface area contributed by atoms with Crippen LogP contribution in [-0.2, 0) is 4.74 Å². The molecule has 1 aromatic heterocycles. The van der Waals surface area contributed by atoms with E-state index in [0.29, 0.717) is 5.56 Å². The Kier molecular flexibility index (Phi) is 3.53. The van der Waals surface area contributed by atoms with Crippen molar-refractivity contribution in [2.24, 2.45) is 0 Å². The summed E-state index contributed by atoms with van der Waals surface area (Å²) in [4.78, 5) is 15.5. The van der Waals surface area contributed by atoms with E-state index >= 15 is 0 Å². The summed E-state index contributed by atoms with van der Waals surface area (Å²) in [5.74, 6) is -0.389. The second-order valence-corrected chi connectivity index (χ2v) is 3.77. The number of pyridine rings is 1. The molecule has 1 aromatic carbocycles. The van der Waals surface area contributed by atoms with Crippen molar-refractivity contribution in [2.45, 2.75) is 0 Å². The molecule has 0 aliphatic carbocycles. The van der Waals surface area contributed by atoms with Gasteiger partial charge in [0, 0.05) is 11.8 Å². The number of hydrogen-bond donors (Lipinski definition) is 0. The number of carbonyl (C=O) groups excluding carboxylic acids is 1. The Bertz CT molecular complexity index is 559. The molecule has 0 N–H and O–H groups in total. The van der Waals surface area contributed by atoms with Crippen molar-refractivity contribution in [1.29, 1.82) is 0 Å². The lowest BCUT2D eigenvalue weighted by atomic mass is 10.0. The van der Waals surface area contributed by atoms with E-state index in [-0.39, 0.29) is 5.97 Å². The standard InChI is InChI=1S/C15H13NO2/c1-11(12-6-4-3-5-7-12)14-9-8-13(10-16-14)15(17)18-2/h3-10H,1H2,2H3. The third-order valence-corrected chi connectivity index (χ3v) is 2.62. The molecule has 90 valence electrons. The molecule has 0 saturated heterocycles. The number of benzene rings is 1. The van der Waals surface area contributed by atoms with Crippen molar-refractivity contribution in [3.63, 3.8) is 0 Å². The second kappa shape index (κ2) is 5.27. The molecule has 1 heterocycles. The van der Waals surface area contributed by atoms with Crippen LogP contribution in [0.1, 0.15) is 21.6 Å². The smallest absolute Gasteiger partial charge is 0.339 e. The Labute approximate surface area is 106 Å². The molecule has 0 fully saturated rings. The molecule has 0 aliphatic heterocycles. The fourth-order valence-electron chi connectivity index (χ4n) is 1.60. The number of esters is 1. The van der Waals surface area contributed by atoms with Gasteiger partial charge in [-0.25, -0.2) is 4.79 Å². The zero-order chi connectivity index (χ0) is 13.0. The molecule has 3 nitrogen and oxygen atoms in total. The zero-order valence-corrected chi connectivity index (χ0v) is 10.1. The van der Waals surface area contributed by atoms with Gasteiger partial charge in [0.05, 0.1) is 18.4 Å².